The maximum atomic E-state index is 11.7. The highest BCUT2D eigenvalue weighted by Crippen LogP contribution is 2.25. The molecule has 1 fully saturated rings. The molecule has 0 bridgehead atoms. The summed E-state index contributed by atoms with van der Waals surface area (Å²) in [6.45, 7) is 7.90. The minimum Gasteiger partial charge on any atom is -0.379 e. The third-order valence-corrected chi connectivity index (χ3v) is 3.97. The molecule has 0 aromatic heterocycles. The van der Waals surface area contributed by atoms with Gasteiger partial charge in [-0.25, -0.2) is 0 Å². The third-order valence-electron chi connectivity index (χ3n) is 3.97. The summed E-state index contributed by atoms with van der Waals surface area (Å²) in [5.74, 6) is 0.124. The molecule has 0 aromatic carbocycles. The topological polar surface area (TPSA) is 73.6 Å². The SMILES string of the molecule is CC(C)(CCN)CCC(=O)NCCCOCC1CCCO1. The molecule has 0 aromatic rings. The fourth-order valence-corrected chi connectivity index (χ4v) is 2.45. The van der Waals surface area contributed by atoms with Gasteiger partial charge in [-0.2, -0.15) is 0 Å². The summed E-state index contributed by atoms with van der Waals surface area (Å²) >= 11 is 0. The summed E-state index contributed by atoms with van der Waals surface area (Å²) in [6, 6.07) is 0. The van der Waals surface area contributed by atoms with Crippen LogP contribution in [0.25, 0.3) is 0 Å². The zero-order chi connectivity index (χ0) is 15.6. The number of rotatable bonds is 11. The first-order chi connectivity index (χ1) is 10.0. The van der Waals surface area contributed by atoms with Gasteiger partial charge in [0, 0.05) is 26.2 Å². The normalized spacial score (nSPS) is 18.9. The van der Waals surface area contributed by atoms with E-state index in [4.69, 9.17) is 15.2 Å². The Bertz CT molecular complexity index is 289. The highest BCUT2D eigenvalue weighted by Gasteiger charge is 2.18. The number of nitrogens with two attached hydrogens (primary N) is 1. The van der Waals surface area contributed by atoms with Crippen LogP contribution in [0, 0.1) is 5.41 Å². The molecule has 1 aliphatic heterocycles. The van der Waals surface area contributed by atoms with Crippen molar-refractivity contribution in [2.45, 2.75) is 58.5 Å². The van der Waals surface area contributed by atoms with E-state index >= 15 is 0 Å². The van der Waals surface area contributed by atoms with Gasteiger partial charge in [-0.3, -0.25) is 4.79 Å². The molecule has 0 spiro atoms. The lowest BCUT2D eigenvalue weighted by Crippen LogP contribution is -2.27. The maximum absolute atomic E-state index is 11.7. The molecule has 0 saturated carbocycles. The molecule has 1 amide bonds. The van der Waals surface area contributed by atoms with Crippen LogP contribution < -0.4 is 11.1 Å². The van der Waals surface area contributed by atoms with Crippen LogP contribution >= 0.6 is 0 Å². The van der Waals surface area contributed by atoms with Crippen molar-refractivity contribution in [1.82, 2.24) is 5.32 Å². The molecule has 5 nitrogen and oxygen atoms in total. The Morgan fingerprint density at radius 3 is 2.90 bits per heavy atom. The fraction of sp³-hybridized carbons (Fsp3) is 0.938. The van der Waals surface area contributed by atoms with Crippen molar-refractivity contribution in [3.63, 3.8) is 0 Å². The number of nitrogens with one attached hydrogen (secondary N) is 1. The number of hydrogen-bond acceptors (Lipinski definition) is 4. The van der Waals surface area contributed by atoms with Crippen molar-refractivity contribution in [1.29, 1.82) is 0 Å². The Hall–Kier alpha value is -0.650. The van der Waals surface area contributed by atoms with E-state index in [2.05, 4.69) is 19.2 Å². The molecule has 5 heteroatoms. The van der Waals surface area contributed by atoms with Crippen LogP contribution in [0.4, 0.5) is 0 Å². The van der Waals surface area contributed by atoms with Gasteiger partial charge in [-0.15, -0.1) is 0 Å². The Balaban J connectivity index is 1.93. The summed E-state index contributed by atoms with van der Waals surface area (Å²) < 4.78 is 11.0. The van der Waals surface area contributed by atoms with Gasteiger partial charge in [0.15, 0.2) is 0 Å². The molecule has 21 heavy (non-hydrogen) atoms. The van der Waals surface area contributed by atoms with Gasteiger partial charge in [0.25, 0.3) is 0 Å². The first kappa shape index (κ1) is 18.4. The summed E-state index contributed by atoms with van der Waals surface area (Å²) in [5, 5.41) is 2.94. The van der Waals surface area contributed by atoms with Gasteiger partial charge in [0.1, 0.15) is 0 Å². The average Bonchev–Trinajstić information content (AvgIpc) is 2.93. The van der Waals surface area contributed by atoms with Crippen molar-refractivity contribution < 1.29 is 14.3 Å². The minimum atomic E-state index is 0.124. The van der Waals surface area contributed by atoms with Crippen LogP contribution in [0.2, 0.25) is 0 Å². The molecule has 1 atom stereocenters. The quantitative estimate of drug-likeness (QED) is 0.571. The van der Waals surface area contributed by atoms with E-state index in [1.54, 1.807) is 0 Å². The molecule has 3 N–H and O–H groups in total. The van der Waals surface area contributed by atoms with E-state index in [1.807, 2.05) is 0 Å². The Labute approximate surface area is 128 Å². The number of carbonyl (C=O) groups is 1. The Morgan fingerprint density at radius 1 is 1.43 bits per heavy atom. The number of carbonyl (C=O) groups excluding carboxylic acids is 1. The van der Waals surface area contributed by atoms with Gasteiger partial charge >= 0.3 is 0 Å². The lowest BCUT2D eigenvalue weighted by atomic mass is 9.84. The lowest BCUT2D eigenvalue weighted by Gasteiger charge is -2.23. The summed E-state index contributed by atoms with van der Waals surface area (Å²) in [5.41, 5.74) is 5.72. The van der Waals surface area contributed by atoms with Gasteiger partial charge in [0.05, 0.1) is 12.7 Å². The molecule has 1 aliphatic rings. The molecule has 1 heterocycles. The molecular weight excluding hydrogens is 268 g/mol. The van der Waals surface area contributed by atoms with E-state index in [1.165, 1.54) is 0 Å². The highest BCUT2D eigenvalue weighted by atomic mass is 16.5. The summed E-state index contributed by atoms with van der Waals surface area (Å²) in [6.07, 6.45) is 5.79. The predicted octanol–water partition coefficient (Wildman–Crippen LogP) is 1.84. The maximum Gasteiger partial charge on any atom is 0.220 e. The van der Waals surface area contributed by atoms with Gasteiger partial charge in [0.2, 0.25) is 5.91 Å². The second-order valence-corrected chi connectivity index (χ2v) is 6.62. The summed E-state index contributed by atoms with van der Waals surface area (Å²) in [4.78, 5) is 11.7. The van der Waals surface area contributed by atoms with Crippen LogP contribution in [0.15, 0.2) is 0 Å². The smallest absolute Gasteiger partial charge is 0.220 e. The van der Waals surface area contributed by atoms with Crippen molar-refractivity contribution in [2.75, 3.05) is 32.9 Å². The van der Waals surface area contributed by atoms with Crippen LogP contribution in [0.5, 0.6) is 0 Å². The van der Waals surface area contributed by atoms with Crippen LogP contribution in [-0.4, -0.2) is 44.9 Å². The van der Waals surface area contributed by atoms with Crippen molar-refractivity contribution >= 4 is 5.91 Å². The van der Waals surface area contributed by atoms with E-state index in [9.17, 15) is 4.79 Å². The van der Waals surface area contributed by atoms with Crippen molar-refractivity contribution in [3.8, 4) is 0 Å². The second-order valence-electron chi connectivity index (χ2n) is 6.62. The zero-order valence-electron chi connectivity index (χ0n) is 13.7. The van der Waals surface area contributed by atoms with Crippen molar-refractivity contribution in [2.24, 2.45) is 11.1 Å². The van der Waals surface area contributed by atoms with Crippen LogP contribution in [-0.2, 0) is 14.3 Å². The van der Waals surface area contributed by atoms with Crippen LogP contribution in [0.1, 0.15) is 52.4 Å². The third kappa shape index (κ3) is 9.06. The van der Waals surface area contributed by atoms with E-state index in [0.29, 0.717) is 32.7 Å². The molecular formula is C16H32N2O3. The van der Waals surface area contributed by atoms with E-state index < -0.39 is 0 Å². The summed E-state index contributed by atoms with van der Waals surface area (Å²) in [7, 11) is 0. The lowest BCUT2D eigenvalue weighted by molar-refractivity contribution is -0.121. The molecule has 1 saturated heterocycles. The predicted molar refractivity (Wildman–Crippen MR) is 84.1 cm³/mol. The van der Waals surface area contributed by atoms with Gasteiger partial charge < -0.3 is 20.5 Å². The standard InChI is InChI=1S/C16H32N2O3/c1-16(2,8-9-17)7-6-15(19)18-10-4-11-20-13-14-5-3-12-21-14/h14H,3-13,17H2,1-2H3,(H,18,19). The van der Waals surface area contributed by atoms with Crippen molar-refractivity contribution in [3.05, 3.63) is 0 Å². The number of amides is 1. The Morgan fingerprint density at radius 2 is 2.24 bits per heavy atom. The molecule has 1 unspecified atom stereocenters. The fourth-order valence-electron chi connectivity index (χ4n) is 2.45. The average molecular weight is 300 g/mol. The van der Waals surface area contributed by atoms with Gasteiger partial charge in [-0.05, 0) is 44.1 Å². The van der Waals surface area contributed by atoms with E-state index in [0.717, 1.165) is 38.7 Å². The Kier molecular flexibility index (Phi) is 8.88. The van der Waals surface area contributed by atoms with Crippen LogP contribution in [0.3, 0.4) is 0 Å². The highest BCUT2D eigenvalue weighted by molar-refractivity contribution is 5.75. The molecule has 0 aliphatic carbocycles. The molecule has 1 rings (SSSR count). The second kappa shape index (κ2) is 10.1. The first-order valence-corrected chi connectivity index (χ1v) is 8.19. The molecule has 124 valence electrons. The zero-order valence-corrected chi connectivity index (χ0v) is 13.7. The number of hydrogen-bond donors (Lipinski definition) is 2. The number of ether oxygens (including phenoxy) is 2. The van der Waals surface area contributed by atoms with E-state index in [-0.39, 0.29) is 17.4 Å². The monoisotopic (exact) mass is 300 g/mol. The first-order valence-electron chi connectivity index (χ1n) is 8.19. The minimum absolute atomic E-state index is 0.124. The van der Waals surface area contributed by atoms with Gasteiger partial charge in [-0.1, -0.05) is 13.8 Å². The largest absolute Gasteiger partial charge is 0.379 e. The molecule has 0 radical (unpaired) electrons.